The zero-order chi connectivity index (χ0) is 13.1. The van der Waals surface area contributed by atoms with E-state index in [9.17, 15) is 9.59 Å². The van der Waals surface area contributed by atoms with E-state index in [2.05, 4.69) is 22.9 Å². The van der Waals surface area contributed by atoms with Crippen molar-refractivity contribution in [3.63, 3.8) is 0 Å². The van der Waals surface area contributed by atoms with Crippen LogP contribution < -0.4 is 16.0 Å². The summed E-state index contributed by atoms with van der Waals surface area (Å²) in [7, 11) is 0. The first-order valence-corrected chi connectivity index (χ1v) is 6.36. The van der Waals surface area contributed by atoms with Crippen molar-refractivity contribution in [2.75, 3.05) is 19.6 Å². The lowest BCUT2D eigenvalue weighted by atomic mass is 10.2. The first kappa shape index (κ1) is 15.9. The number of carbonyl (C=O) groups excluding carboxylic acids is 2. The molecule has 0 aromatic rings. The van der Waals surface area contributed by atoms with Gasteiger partial charge in [0, 0.05) is 25.6 Å². The Morgan fingerprint density at radius 1 is 1.18 bits per heavy atom. The van der Waals surface area contributed by atoms with Gasteiger partial charge in [-0.1, -0.05) is 13.3 Å². The van der Waals surface area contributed by atoms with Gasteiger partial charge in [-0.2, -0.15) is 0 Å². The first-order valence-electron chi connectivity index (χ1n) is 6.36. The molecule has 2 amide bonds. The lowest BCUT2D eigenvalue weighted by Gasteiger charge is -2.12. The van der Waals surface area contributed by atoms with Gasteiger partial charge >= 0.3 is 0 Å². The molecule has 5 heteroatoms. The van der Waals surface area contributed by atoms with Gasteiger partial charge in [0.05, 0.1) is 6.54 Å². The van der Waals surface area contributed by atoms with E-state index in [1.54, 1.807) is 0 Å². The Kier molecular flexibility index (Phi) is 9.43. The second kappa shape index (κ2) is 10.1. The quantitative estimate of drug-likeness (QED) is 0.514. The van der Waals surface area contributed by atoms with Crippen molar-refractivity contribution >= 4 is 11.8 Å². The Hall–Kier alpha value is -1.10. The van der Waals surface area contributed by atoms with Crippen molar-refractivity contribution < 1.29 is 9.59 Å². The fraction of sp³-hybridized carbons (Fsp3) is 0.833. The van der Waals surface area contributed by atoms with E-state index in [-0.39, 0.29) is 24.4 Å². The van der Waals surface area contributed by atoms with Gasteiger partial charge in [0.15, 0.2) is 0 Å². The fourth-order valence-corrected chi connectivity index (χ4v) is 1.52. The molecule has 1 atom stereocenters. The summed E-state index contributed by atoms with van der Waals surface area (Å²) in [6.45, 7) is 7.42. The van der Waals surface area contributed by atoms with Crippen molar-refractivity contribution in [3.05, 3.63) is 0 Å². The van der Waals surface area contributed by atoms with Crippen molar-refractivity contribution in [1.82, 2.24) is 16.0 Å². The first-order chi connectivity index (χ1) is 8.10. The van der Waals surface area contributed by atoms with Crippen LogP contribution in [0.4, 0.5) is 0 Å². The largest absolute Gasteiger partial charge is 0.356 e. The molecule has 0 bridgehead atoms. The second-order valence-corrected chi connectivity index (χ2v) is 4.14. The van der Waals surface area contributed by atoms with Gasteiger partial charge in [0.2, 0.25) is 11.8 Å². The third kappa shape index (κ3) is 9.81. The fourth-order valence-electron chi connectivity index (χ4n) is 1.52. The monoisotopic (exact) mass is 243 g/mol. The summed E-state index contributed by atoms with van der Waals surface area (Å²) in [5, 5.41) is 8.54. The second-order valence-electron chi connectivity index (χ2n) is 4.14. The van der Waals surface area contributed by atoms with E-state index in [4.69, 9.17) is 0 Å². The van der Waals surface area contributed by atoms with Gasteiger partial charge in [-0.15, -0.1) is 0 Å². The summed E-state index contributed by atoms with van der Waals surface area (Å²) in [6, 6.07) is 0.220. The molecule has 0 saturated carbocycles. The third-order valence-electron chi connectivity index (χ3n) is 2.32. The Labute approximate surface area is 104 Å². The van der Waals surface area contributed by atoms with E-state index in [0.717, 1.165) is 12.8 Å². The highest BCUT2D eigenvalue weighted by molar-refractivity contribution is 5.78. The van der Waals surface area contributed by atoms with E-state index in [0.29, 0.717) is 19.5 Å². The van der Waals surface area contributed by atoms with Crippen LogP contribution in [0.5, 0.6) is 0 Å². The maximum Gasteiger partial charge on any atom is 0.234 e. The van der Waals surface area contributed by atoms with E-state index in [1.807, 2.05) is 13.8 Å². The van der Waals surface area contributed by atoms with Crippen LogP contribution in [0.2, 0.25) is 0 Å². The Bertz CT molecular complexity index is 232. The maximum absolute atomic E-state index is 11.4. The Morgan fingerprint density at radius 2 is 1.88 bits per heavy atom. The molecule has 3 N–H and O–H groups in total. The average molecular weight is 243 g/mol. The van der Waals surface area contributed by atoms with Crippen LogP contribution in [-0.4, -0.2) is 37.5 Å². The van der Waals surface area contributed by atoms with Crippen molar-refractivity contribution in [2.45, 2.75) is 46.1 Å². The van der Waals surface area contributed by atoms with Crippen molar-refractivity contribution in [3.8, 4) is 0 Å². The summed E-state index contributed by atoms with van der Waals surface area (Å²) in [6.07, 6.45) is 2.46. The number of nitrogens with one attached hydrogen (secondary N) is 3. The summed E-state index contributed by atoms with van der Waals surface area (Å²) >= 11 is 0. The van der Waals surface area contributed by atoms with Gasteiger partial charge < -0.3 is 16.0 Å². The van der Waals surface area contributed by atoms with Gasteiger partial charge in [-0.05, 0) is 20.3 Å². The van der Waals surface area contributed by atoms with Crippen LogP contribution >= 0.6 is 0 Å². The standard InChI is InChI=1S/C12H25N3O2/c1-4-6-10(3)15-12(17)9-13-8-7-11(16)14-5-2/h10,13H,4-9H2,1-3H3,(H,14,16)(H,15,17). The maximum atomic E-state index is 11.4. The van der Waals surface area contributed by atoms with E-state index < -0.39 is 0 Å². The molecule has 0 rings (SSSR count). The third-order valence-corrected chi connectivity index (χ3v) is 2.32. The molecule has 1 unspecified atom stereocenters. The predicted octanol–water partition coefficient (Wildman–Crippen LogP) is 0.407. The summed E-state index contributed by atoms with van der Waals surface area (Å²) in [4.78, 5) is 22.5. The zero-order valence-electron chi connectivity index (χ0n) is 11.1. The zero-order valence-corrected chi connectivity index (χ0v) is 11.1. The molecule has 0 aromatic heterocycles. The highest BCUT2D eigenvalue weighted by atomic mass is 16.2. The van der Waals surface area contributed by atoms with Crippen molar-refractivity contribution in [2.24, 2.45) is 0 Å². The Morgan fingerprint density at radius 3 is 2.47 bits per heavy atom. The molecule has 0 aromatic carbocycles. The van der Waals surface area contributed by atoms with Gasteiger partial charge in [0.1, 0.15) is 0 Å². The minimum absolute atomic E-state index is 0.0122. The molecule has 0 aliphatic heterocycles. The lowest BCUT2D eigenvalue weighted by molar-refractivity contribution is -0.122. The summed E-state index contributed by atoms with van der Waals surface area (Å²) in [5.74, 6) is 0.00149. The molecule has 0 heterocycles. The Balaban J connectivity index is 3.48. The minimum atomic E-state index is -0.0122. The lowest BCUT2D eigenvalue weighted by Crippen LogP contribution is -2.39. The molecule has 5 nitrogen and oxygen atoms in total. The molecule has 0 aliphatic rings. The molecular weight excluding hydrogens is 218 g/mol. The minimum Gasteiger partial charge on any atom is -0.356 e. The van der Waals surface area contributed by atoms with Crippen LogP contribution in [0.3, 0.4) is 0 Å². The molecule has 0 spiro atoms. The molecule has 0 radical (unpaired) electrons. The van der Waals surface area contributed by atoms with Crippen molar-refractivity contribution in [1.29, 1.82) is 0 Å². The van der Waals surface area contributed by atoms with Gasteiger partial charge in [-0.3, -0.25) is 9.59 Å². The molecule has 0 aliphatic carbocycles. The number of rotatable bonds is 9. The normalized spacial score (nSPS) is 11.9. The van der Waals surface area contributed by atoms with Gasteiger partial charge in [0.25, 0.3) is 0 Å². The number of hydrogen-bond donors (Lipinski definition) is 3. The molecule has 100 valence electrons. The average Bonchev–Trinajstić information content (AvgIpc) is 2.25. The number of hydrogen-bond acceptors (Lipinski definition) is 3. The molecule has 0 saturated heterocycles. The molecular formula is C12H25N3O2. The smallest absolute Gasteiger partial charge is 0.234 e. The summed E-state index contributed by atoms with van der Waals surface area (Å²) < 4.78 is 0. The number of carbonyl (C=O) groups is 2. The van der Waals surface area contributed by atoms with Crippen LogP contribution in [-0.2, 0) is 9.59 Å². The molecule has 17 heavy (non-hydrogen) atoms. The highest BCUT2D eigenvalue weighted by Crippen LogP contribution is 1.93. The van der Waals surface area contributed by atoms with Gasteiger partial charge in [-0.25, -0.2) is 0 Å². The SMILES string of the molecule is CCCC(C)NC(=O)CNCCC(=O)NCC. The topological polar surface area (TPSA) is 70.2 Å². The molecule has 0 fully saturated rings. The van der Waals surface area contributed by atoms with E-state index >= 15 is 0 Å². The highest BCUT2D eigenvalue weighted by Gasteiger charge is 2.06. The number of amides is 2. The van der Waals surface area contributed by atoms with Crippen LogP contribution in [0.15, 0.2) is 0 Å². The van der Waals surface area contributed by atoms with Crippen LogP contribution in [0, 0.1) is 0 Å². The predicted molar refractivity (Wildman–Crippen MR) is 68.7 cm³/mol. The van der Waals surface area contributed by atoms with E-state index in [1.165, 1.54) is 0 Å². The summed E-state index contributed by atoms with van der Waals surface area (Å²) in [5.41, 5.74) is 0. The van der Waals surface area contributed by atoms with Crippen LogP contribution in [0.1, 0.15) is 40.0 Å². The van der Waals surface area contributed by atoms with Crippen LogP contribution in [0.25, 0.3) is 0 Å².